The van der Waals surface area contributed by atoms with Crippen LogP contribution in [-0.4, -0.2) is 10.5 Å². The largest absolute Gasteiger partial charge is 0.428 e. The molecule has 27 heavy (non-hydrogen) atoms. The Bertz CT molecular complexity index is 934. The molecule has 1 saturated carbocycles. The van der Waals surface area contributed by atoms with Crippen LogP contribution in [0.15, 0.2) is 27.6 Å². The van der Waals surface area contributed by atoms with E-state index in [2.05, 4.69) is 4.99 Å². The van der Waals surface area contributed by atoms with E-state index in [1.54, 1.807) is 4.57 Å². The van der Waals surface area contributed by atoms with Crippen molar-refractivity contribution in [3.05, 3.63) is 52.3 Å². The van der Waals surface area contributed by atoms with Crippen molar-refractivity contribution in [2.75, 3.05) is 0 Å². The molecule has 1 heterocycles. The van der Waals surface area contributed by atoms with E-state index in [1.165, 1.54) is 0 Å². The number of hydrogen-bond donors (Lipinski definition) is 0. The van der Waals surface area contributed by atoms with E-state index in [4.69, 9.17) is 4.42 Å². The lowest BCUT2D eigenvalue weighted by Gasteiger charge is -2.09. The Morgan fingerprint density at radius 1 is 1.33 bits per heavy atom. The number of alkyl halides is 3. The zero-order valence-corrected chi connectivity index (χ0v) is 15.2. The van der Waals surface area contributed by atoms with Gasteiger partial charge in [0.25, 0.3) is 5.91 Å². The van der Waals surface area contributed by atoms with Crippen LogP contribution in [0.2, 0.25) is 0 Å². The van der Waals surface area contributed by atoms with Gasteiger partial charge in [-0.15, -0.1) is 0 Å². The average molecular weight is 384 g/mol. The molecule has 1 amide bonds. The van der Waals surface area contributed by atoms with Gasteiger partial charge in [0.15, 0.2) is 0 Å². The first-order valence-corrected chi connectivity index (χ1v) is 8.74. The van der Waals surface area contributed by atoms with Gasteiger partial charge in [-0.3, -0.25) is 9.36 Å². The first kappa shape index (κ1) is 19.4. The molecule has 1 aliphatic rings. The third-order valence-electron chi connectivity index (χ3n) is 4.59. The van der Waals surface area contributed by atoms with Crippen LogP contribution >= 0.6 is 0 Å². The fourth-order valence-corrected chi connectivity index (χ4v) is 2.96. The second-order valence-corrected chi connectivity index (χ2v) is 7.12. The predicted octanol–water partition coefficient (Wildman–Crippen LogP) is 4.82. The quantitative estimate of drug-likeness (QED) is 0.710. The van der Waals surface area contributed by atoms with Gasteiger partial charge >= 0.3 is 11.9 Å². The average Bonchev–Trinajstić information content (AvgIpc) is 3.33. The summed E-state index contributed by atoms with van der Waals surface area (Å²) >= 11 is 0. The summed E-state index contributed by atoms with van der Waals surface area (Å²) < 4.78 is 60.3. The predicted molar refractivity (Wildman–Crippen MR) is 89.5 cm³/mol. The highest BCUT2D eigenvalue weighted by Crippen LogP contribution is 2.33. The second-order valence-electron chi connectivity index (χ2n) is 7.12. The normalized spacial score (nSPS) is 15.6. The van der Waals surface area contributed by atoms with Crippen LogP contribution in [0.25, 0.3) is 0 Å². The van der Waals surface area contributed by atoms with E-state index in [0.717, 1.165) is 30.7 Å². The summed E-state index contributed by atoms with van der Waals surface area (Å²) in [5, 5.41) is 0. The smallest absolute Gasteiger partial charge is 0.419 e. The number of benzene rings is 1. The maximum atomic E-state index is 14.2. The van der Waals surface area contributed by atoms with Crippen molar-refractivity contribution >= 4 is 5.91 Å². The van der Waals surface area contributed by atoms with Gasteiger partial charge in [0.05, 0.1) is 16.8 Å². The second kappa shape index (κ2) is 6.98. The van der Waals surface area contributed by atoms with Crippen molar-refractivity contribution in [1.29, 1.82) is 0 Å². The highest BCUT2D eigenvalue weighted by Gasteiger charge is 2.35. The molecule has 0 aliphatic heterocycles. The molecule has 1 aliphatic carbocycles. The van der Waals surface area contributed by atoms with Crippen molar-refractivity contribution in [2.45, 2.75) is 52.3 Å². The summed E-state index contributed by atoms with van der Waals surface area (Å²) in [5.74, 6) is -1.58. The Morgan fingerprint density at radius 2 is 2.00 bits per heavy atom. The number of rotatable bonds is 4. The highest BCUT2D eigenvalue weighted by atomic mass is 19.4. The Hall–Kier alpha value is -2.38. The number of hydrogen-bond acceptors (Lipinski definition) is 2. The molecule has 2 aromatic rings. The van der Waals surface area contributed by atoms with Crippen molar-refractivity contribution in [3.63, 3.8) is 0 Å². The minimum absolute atomic E-state index is 0.00934. The summed E-state index contributed by atoms with van der Waals surface area (Å²) in [7, 11) is 0. The molecule has 146 valence electrons. The molecule has 0 atom stereocenters. The number of nitrogens with zero attached hydrogens (tertiary/aromatic N) is 2. The summed E-state index contributed by atoms with van der Waals surface area (Å²) in [6.07, 6.45) is -2.77. The van der Waals surface area contributed by atoms with E-state index < -0.39 is 29.0 Å². The standard InChI is InChI=1S/C19H20F4N2O2/c1-10(2)16-11(3)25(9-12-7-8-12)18(27-16)24-17(26)13-5-4-6-14(15(13)20)19(21,22)23/h4-6,10,12H,7-9H2,1-3H3. The van der Waals surface area contributed by atoms with Gasteiger partial charge in [-0.25, -0.2) is 4.39 Å². The first-order chi connectivity index (χ1) is 12.6. The fourth-order valence-electron chi connectivity index (χ4n) is 2.96. The van der Waals surface area contributed by atoms with E-state index in [0.29, 0.717) is 24.3 Å². The zero-order valence-electron chi connectivity index (χ0n) is 15.2. The van der Waals surface area contributed by atoms with Crippen molar-refractivity contribution < 1.29 is 26.8 Å². The van der Waals surface area contributed by atoms with Gasteiger partial charge in [0.2, 0.25) is 0 Å². The van der Waals surface area contributed by atoms with Gasteiger partial charge in [0, 0.05) is 12.5 Å². The molecule has 1 aromatic carbocycles. The van der Waals surface area contributed by atoms with Crippen LogP contribution in [-0.2, 0) is 12.7 Å². The van der Waals surface area contributed by atoms with Gasteiger partial charge in [-0.05, 0) is 37.8 Å². The third kappa shape index (κ3) is 3.99. The van der Waals surface area contributed by atoms with Crippen LogP contribution in [0.3, 0.4) is 0 Å². The number of amides is 1. The monoisotopic (exact) mass is 384 g/mol. The molecule has 1 fully saturated rings. The Morgan fingerprint density at radius 3 is 2.56 bits per heavy atom. The number of carbonyl (C=O) groups is 1. The maximum Gasteiger partial charge on any atom is 0.419 e. The van der Waals surface area contributed by atoms with E-state index in [9.17, 15) is 22.4 Å². The molecule has 1 aromatic heterocycles. The van der Waals surface area contributed by atoms with Crippen molar-refractivity contribution in [2.24, 2.45) is 10.9 Å². The van der Waals surface area contributed by atoms with Gasteiger partial charge < -0.3 is 4.42 Å². The van der Waals surface area contributed by atoms with Crippen molar-refractivity contribution in [1.82, 2.24) is 4.57 Å². The molecule has 0 radical (unpaired) electrons. The lowest BCUT2D eigenvalue weighted by Crippen LogP contribution is -2.21. The molecule has 3 rings (SSSR count). The van der Waals surface area contributed by atoms with Crippen LogP contribution in [0, 0.1) is 18.7 Å². The number of aromatic nitrogens is 1. The minimum atomic E-state index is -4.89. The molecule has 0 N–H and O–H groups in total. The maximum absolute atomic E-state index is 14.2. The Balaban J connectivity index is 2.07. The molecule has 0 spiro atoms. The van der Waals surface area contributed by atoms with Gasteiger partial charge in [-0.2, -0.15) is 18.2 Å². The van der Waals surface area contributed by atoms with Gasteiger partial charge in [0.1, 0.15) is 11.6 Å². The molecular formula is C19H20F4N2O2. The molecule has 0 bridgehead atoms. The number of carbonyl (C=O) groups excluding carboxylic acids is 1. The van der Waals surface area contributed by atoms with Crippen LogP contribution in [0.1, 0.15) is 60.0 Å². The summed E-state index contributed by atoms with van der Waals surface area (Å²) in [6, 6.07) is 2.56. The van der Waals surface area contributed by atoms with E-state index in [1.807, 2.05) is 20.8 Å². The highest BCUT2D eigenvalue weighted by molar-refractivity contribution is 5.95. The van der Waals surface area contributed by atoms with E-state index >= 15 is 0 Å². The van der Waals surface area contributed by atoms with Crippen molar-refractivity contribution in [3.8, 4) is 0 Å². The fraction of sp³-hybridized carbons (Fsp3) is 0.474. The van der Waals surface area contributed by atoms with Crippen LogP contribution in [0.5, 0.6) is 0 Å². The zero-order chi connectivity index (χ0) is 19.9. The minimum Gasteiger partial charge on any atom is -0.428 e. The number of oxazole rings is 1. The third-order valence-corrected chi connectivity index (χ3v) is 4.59. The topological polar surface area (TPSA) is 47.5 Å². The SMILES string of the molecule is Cc1c(C(C)C)oc(=NC(=O)c2cccc(C(F)(F)F)c2F)n1CC1CC1. The molecule has 8 heteroatoms. The van der Waals surface area contributed by atoms with Crippen LogP contribution < -0.4 is 5.68 Å². The summed E-state index contributed by atoms with van der Waals surface area (Å²) in [4.78, 5) is 16.2. The molecular weight excluding hydrogens is 364 g/mol. The lowest BCUT2D eigenvalue weighted by atomic mass is 10.1. The summed E-state index contributed by atoms with van der Waals surface area (Å²) in [6.45, 7) is 6.30. The number of halogens is 4. The summed E-state index contributed by atoms with van der Waals surface area (Å²) in [5.41, 5.74) is -1.42. The first-order valence-electron chi connectivity index (χ1n) is 8.74. The van der Waals surface area contributed by atoms with Crippen LogP contribution in [0.4, 0.5) is 17.6 Å². The molecule has 4 nitrogen and oxygen atoms in total. The van der Waals surface area contributed by atoms with E-state index in [-0.39, 0.29) is 11.6 Å². The van der Waals surface area contributed by atoms with Gasteiger partial charge in [-0.1, -0.05) is 19.9 Å². The lowest BCUT2D eigenvalue weighted by molar-refractivity contribution is -0.140. The Kier molecular flexibility index (Phi) is 5.01. The molecule has 0 unspecified atom stereocenters. The Labute approximate surface area is 153 Å². The molecule has 0 saturated heterocycles.